The highest BCUT2D eigenvalue weighted by atomic mass is 32.1. The summed E-state index contributed by atoms with van der Waals surface area (Å²) in [7, 11) is 1.61. The van der Waals surface area contributed by atoms with Gasteiger partial charge in [-0.25, -0.2) is 0 Å². The zero-order valence-electron chi connectivity index (χ0n) is 13.0. The molecule has 6 nitrogen and oxygen atoms in total. The zero-order valence-corrected chi connectivity index (χ0v) is 13.8. The largest absolute Gasteiger partial charge is 0.496 e. The summed E-state index contributed by atoms with van der Waals surface area (Å²) in [5.74, 6) is 2.58. The van der Waals surface area contributed by atoms with Gasteiger partial charge in [0, 0.05) is 23.9 Å². The summed E-state index contributed by atoms with van der Waals surface area (Å²) in [5, 5.41) is 6.00. The minimum Gasteiger partial charge on any atom is -0.496 e. The van der Waals surface area contributed by atoms with Crippen molar-refractivity contribution in [1.82, 2.24) is 15.0 Å². The van der Waals surface area contributed by atoms with E-state index in [-0.39, 0.29) is 11.9 Å². The molecule has 1 saturated heterocycles. The second-order valence-electron chi connectivity index (χ2n) is 6.13. The van der Waals surface area contributed by atoms with Gasteiger partial charge in [-0.15, -0.1) is 11.3 Å². The molecule has 2 fully saturated rings. The van der Waals surface area contributed by atoms with E-state index >= 15 is 0 Å². The van der Waals surface area contributed by atoms with E-state index in [0.717, 1.165) is 50.3 Å². The van der Waals surface area contributed by atoms with E-state index in [1.165, 1.54) is 11.3 Å². The van der Waals surface area contributed by atoms with Gasteiger partial charge in [-0.3, -0.25) is 4.79 Å². The molecule has 0 spiro atoms. The monoisotopic (exact) mass is 333 g/mol. The van der Waals surface area contributed by atoms with Crippen LogP contribution in [-0.2, 0) is 0 Å². The predicted octanol–water partition coefficient (Wildman–Crippen LogP) is 3.38. The number of ether oxygens (including phenoxy) is 1. The molecule has 4 rings (SSSR count). The summed E-state index contributed by atoms with van der Waals surface area (Å²) in [6.07, 6.45) is 5.24. The molecule has 1 aliphatic carbocycles. The minimum atomic E-state index is -0.0828. The Hall–Kier alpha value is -1.89. The molecule has 3 heterocycles. The Kier molecular flexibility index (Phi) is 3.80. The van der Waals surface area contributed by atoms with Crippen LogP contribution in [-0.4, -0.2) is 34.6 Å². The molecule has 122 valence electrons. The number of aromatic nitrogens is 2. The van der Waals surface area contributed by atoms with Crippen molar-refractivity contribution in [2.24, 2.45) is 0 Å². The lowest BCUT2D eigenvalue weighted by molar-refractivity contribution is 0.0601. The van der Waals surface area contributed by atoms with E-state index in [1.807, 2.05) is 10.3 Å². The third-order valence-corrected chi connectivity index (χ3v) is 5.36. The Labute approximate surface area is 138 Å². The van der Waals surface area contributed by atoms with Gasteiger partial charge in [0.2, 0.25) is 5.89 Å². The first-order valence-corrected chi connectivity index (χ1v) is 8.91. The van der Waals surface area contributed by atoms with Crippen molar-refractivity contribution in [3.63, 3.8) is 0 Å². The second-order valence-corrected chi connectivity index (χ2v) is 7.04. The van der Waals surface area contributed by atoms with Gasteiger partial charge in [0.05, 0.1) is 18.0 Å². The fraction of sp³-hybridized carbons (Fsp3) is 0.562. The fourth-order valence-corrected chi connectivity index (χ4v) is 3.81. The van der Waals surface area contributed by atoms with Crippen molar-refractivity contribution in [2.75, 3.05) is 13.7 Å². The molecule has 1 atom stereocenters. The molecule has 0 bridgehead atoms. The molecule has 0 N–H and O–H groups in total. The summed E-state index contributed by atoms with van der Waals surface area (Å²) in [6.45, 7) is 0.733. The highest BCUT2D eigenvalue weighted by Gasteiger charge is 2.35. The summed E-state index contributed by atoms with van der Waals surface area (Å²) in [6, 6.07) is 1.71. The summed E-state index contributed by atoms with van der Waals surface area (Å²) < 4.78 is 10.6. The molecule has 2 aromatic heterocycles. The van der Waals surface area contributed by atoms with Gasteiger partial charge in [0.25, 0.3) is 5.91 Å². The van der Waals surface area contributed by atoms with Crippen LogP contribution in [0.4, 0.5) is 0 Å². The first-order chi connectivity index (χ1) is 11.3. The van der Waals surface area contributed by atoms with E-state index in [2.05, 4.69) is 10.1 Å². The first-order valence-electron chi connectivity index (χ1n) is 8.03. The van der Waals surface area contributed by atoms with Gasteiger partial charge >= 0.3 is 0 Å². The average molecular weight is 333 g/mol. The lowest BCUT2D eigenvalue weighted by Crippen LogP contribution is -2.38. The Morgan fingerprint density at radius 1 is 1.39 bits per heavy atom. The number of likely N-dealkylation sites (tertiary alicyclic amines) is 1. The van der Waals surface area contributed by atoms with Crippen LogP contribution in [0, 0.1) is 0 Å². The van der Waals surface area contributed by atoms with Crippen LogP contribution in [0.3, 0.4) is 0 Å². The standard InChI is InChI=1S/C16H19N3O3S/c1-21-11-8-13(23-9-11)16(20)19-7-3-2-4-12(19)14-17-15(22-18-14)10-5-6-10/h8-10,12H,2-7H2,1H3. The van der Waals surface area contributed by atoms with E-state index in [9.17, 15) is 4.79 Å². The molecular formula is C16H19N3O3S. The van der Waals surface area contributed by atoms with Crippen LogP contribution in [0.1, 0.15) is 65.5 Å². The first kappa shape index (κ1) is 14.7. The van der Waals surface area contributed by atoms with E-state index in [1.54, 1.807) is 13.2 Å². The smallest absolute Gasteiger partial charge is 0.264 e. The van der Waals surface area contributed by atoms with Crippen molar-refractivity contribution in [3.8, 4) is 5.75 Å². The fourth-order valence-electron chi connectivity index (χ4n) is 3.00. The molecule has 1 saturated carbocycles. The minimum absolute atomic E-state index is 0.0285. The van der Waals surface area contributed by atoms with E-state index < -0.39 is 0 Å². The van der Waals surface area contributed by atoms with Crippen LogP contribution >= 0.6 is 11.3 Å². The van der Waals surface area contributed by atoms with Crippen molar-refractivity contribution >= 4 is 17.2 Å². The topological polar surface area (TPSA) is 68.5 Å². The maximum atomic E-state index is 12.9. The molecule has 0 aromatic carbocycles. The quantitative estimate of drug-likeness (QED) is 0.858. The highest BCUT2D eigenvalue weighted by Crippen LogP contribution is 2.40. The SMILES string of the molecule is COc1csc(C(=O)N2CCCCC2c2noc(C3CC3)n2)c1. The molecule has 2 aromatic rings. The van der Waals surface area contributed by atoms with Crippen LogP contribution in [0.5, 0.6) is 5.75 Å². The Morgan fingerprint density at radius 3 is 3.00 bits per heavy atom. The summed E-state index contributed by atoms with van der Waals surface area (Å²) in [4.78, 5) is 20.0. The third-order valence-electron chi connectivity index (χ3n) is 4.47. The number of thiophene rings is 1. The Bertz CT molecular complexity index is 707. The number of hydrogen-bond donors (Lipinski definition) is 0. The second kappa shape index (κ2) is 5.96. The zero-order chi connectivity index (χ0) is 15.8. The van der Waals surface area contributed by atoms with Crippen molar-refractivity contribution in [2.45, 2.75) is 44.1 Å². The molecule has 1 aliphatic heterocycles. The molecule has 1 amide bonds. The normalized spacial score (nSPS) is 21.4. The van der Waals surface area contributed by atoms with Gasteiger partial charge in [-0.05, 0) is 32.1 Å². The highest BCUT2D eigenvalue weighted by molar-refractivity contribution is 7.12. The van der Waals surface area contributed by atoms with Crippen LogP contribution in [0.15, 0.2) is 16.0 Å². The van der Waals surface area contributed by atoms with E-state index in [4.69, 9.17) is 9.26 Å². The maximum Gasteiger partial charge on any atom is 0.264 e. The summed E-state index contributed by atoms with van der Waals surface area (Å²) in [5.41, 5.74) is 0. The number of methoxy groups -OCH3 is 1. The van der Waals surface area contributed by atoms with Crippen molar-refractivity contribution < 1.29 is 14.1 Å². The Morgan fingerprint density at radius 2 is 2.26 bits per heavy atom. The number of nitrogens with zero attached hydrogens (tertiary/aromatic N) is 3. The van der Waals surface area contributed by atoms with Crippen LogP contribution < -0.4 is 4.74 Å². The molecule has 7 heteroatoms. The van der Waals surface area contributed by atoms with Crippen LogP contribution in [0.2, 0.25) is 0 Å². The number of carbonyl (C=O) groups is 1. The van der Waals surface area contributed by atoms with Gasteiger partial charge < -0.3 is 14.2 Å². The average Bonchev–Trinajstić information content (AvgIpc) is 3.14. The van der Waals surface area contributed by atoms with E-state index in [0.29, 0.717) is 16.6 Å². The van der Waals surface area contributed by atoms with Gasteiger partial charge in [-0.1, -0.05) is 5.16 Å². The van der Waals surface area contributed by atoms with Crippen LogP contribution in [0.25, 0.3) is 0 Å². The number of rotatable bonds is 4. The third kappa shape index (κ3) is 2.85. The molecule has 1 unspecified atom stereocenters. The Balaban J connectivity index is 1.57. The molecule has 23 heavy (non-hydrogen) atoms. The lowest BCUT2D eigenvalue weighted by atomic mass is 10.0. The molecular weight excluding hydrogens is 314 g/mol. The van der Waals surface area contributed by atoms with Gasteiger partial charge in [0.1, 0.15) is 5.75 Å². The number of piperidine rings is 1. The number of amides is 1. The summed E-state index contributed by atoms with van der Waals surface area (Å²) >= 11 is 1.41. The lowest BCUT2D eigenvalue weighted by Gasteiger charge is -2.33. The maximum absolute atomic E-state index is 12.9. The van der Waals surface area contributed by atoms with Gasteiger partial charge in [0.15, 0.2) is 5.82 Å². The predicted molar refractivity (Wildman–Crippen MR) is 84.8 cm³/mol. The van der Waals surface area contributed by atoms with Gasteiger partial charge in [-0.2, -0.15) is 4.98 Å². The molecule has 2 aliphatic rings. The molecule has 0 radical (unpaired) electrons. The number of carbonyl (C=O) groups excluding carboxylic acids is 1. The number of hydrogen-bond acceptors (Lipinski definition) is 6. The van der Waals surface area contributed by atoms with Crippen molar-refractivity contribution in [1.29, 1.82) is 0 Å². The van der Waals surface area contributed by atoms with Crippen molar-refractivity contribution in [3.05, 3.63) is 28.0 Å².